The molecule has 0 N–H and O–H groups in total. The van der Waals surface area contributed by atoms with E-state index in [0.717, 1.165) is 22.7 Å². The lowest BCUT2D eigenvalue weighted by Gasteiger charge is -2.24. The molecule has 0 spiro atoms. The number of rotatable bonds is 6. The summed E-state index contributed by atoms with van der Waals surface area (Å²) >= 11 is 0. The van der Waals surface area contributed by atoms with Crippen LogP contribution in [0.3, 0.4) is 0 Å². The quantitative estimate of drug-likeness (QED) is 0.150. The van der Waals surface area contributed by atoms with Gasteiger partial charge in [-0.25, -0.2) is 9.98 Å². The minimum atomic E-state index is -0.575. The monoisotopic (exact) mass is 787 g/mol. The number of aromatic nitrogens is 1. The van der Waals surface area contributed by atoms with Crippen molar-refractivity contribution in [2.45, 2.75) is 5.54 Å². The van der Waals surface area contributed by atoms with Gasteiger partial charge in [0, 0.05) is 32.9 Å². The molecule has 3 heteroatoms. The third-order valence-corrected chi connectivity index (χ3v) is 13.0. The molecule has 2 aliphatic rings. The lowest BCUT2D eigenvalue weighted by molar-refractivity contribution is 0.807. The van der Waals surface area contributed by atoms with Gasteiger partial charge in [0.15, 0.2) is 5.84 Å². The van der Waals surface area contributed by atoms with Crippen LogP contribution >= 0.6 is 0 Å². The Morgan fingerprint density at radius 2 is 0.935 bits per heavy atom. The number of aliphatic imine (C=N–C) groups is 2. The summed E-state index contributed by atoms with van der Waals surface area (Å²) in [5, 5.41) is 9.86. The van der Waals surface area contributed by atoms with Crippen LogP contribution < -0.4 is 0 Å². The van der Waals surface area contributed by atoms with Crippen molar-refractivity contribution in [3.8, 4) is 27.9 Å². The topological polar surface area (TPSA) is 29.6 Å². The van der Waals surface area contributed by atoms with Crippen molar-refractivity contribution in [1.29, 1.82) is 0 Å². The van der Waals surface area contributed by atoms with Crippen LogP contribution in [0.15, 0.2) is 240 Å². The molecule has 0 radical (unpaired) electrons. The maximum absolute atomic E-state index is 5.45. The third kappa shape index (κ3) is 5.32. The lowest BCUT2D eigenvalue weighted by Crippen LogP contribution is -2.22. The van der Waals surface area contributed by atoms with Gasteiger partial charge in [0.05, 0.1) is 22.4 Å². The maximum Gasteiger partial charge on any atom is 0.156 e. The highest BCUT2D eigenvalue weighted by Gasteiger charge is 2.52. The van der Waals surface area contributed by atoms with Crippen molar-refractivity contribution in [2.24, 2.45) is 9.98 Å². The molecule has 0 saturated carbocycles. The van der Waals surface area contributed by atoms with E-state index in [9.17, 15) is 0 Å². The van der Waals surface area contributed by atoms with Crippen molar-refractivity contribution in [1.82, 2.24) is 4.57 Å². The van der Waals surface area contributed by atoms with Gasteiger partial charge in [0.1, 0.15) is 5.54 Å². The number of amidine groups is 1. The van der Waals surface area contributed by atoms with Crippen molar-refractivity contribution in [3.05, 3.63) is 247 Å². The molecule has 288 valence electrons. The van der Waals surface area contributed by atoms with E-state index in [0.29, 0.717) is 0 Å². The number of hydrogen-bond acceptors (Lipinski definition) is 2. The second-order valence-electron chi connectivity index (χ2n) is 16.5. The van der Waals surface area contributed by atoms with Crippen LogP contribution in [0.2, 0.25) is 0 Å². The summed E-state index contributed by atoms with van der Waals surface area (Å²) in [6.45, 7) is 0. The first-order valence-corrected chi connectivity index (χ1v) is 21.3. The Kier molecular flexibility index (Phi) is 7.52. The molecule has 62 heavy (non-hydrogen) atoms. The van der Waals surface area contributed by atoms with Crippen molar-refractivity contribution in [2.75, 3.05) is 0 Å². The van der Waals surface area contributed by atoms with Gasteiger partial charge in [0.25, 0.3) is 0 Å². The summed E-state index contributed by atoms with van der Waals surface area (Å²) in [6.07, 6.45) is 2.30. The first-order chi connectivity index (χ1) is 30.7. The van der Waals surface area contributed by atoms with Gasteiger partial charge < -0.3 is 4.57 Å². The van der Waals surface area contributed by atoms with E-state index < -0.39 is 5.54 Å². The fraction of sp³-hybridized carbons (Fsp3) is 0.0169. The van der Waals surface area contributed by atoms with Gasteiger partial charge in [-0.1, -0.05) is 182 Å². The first-order valence-electron chi connectivity index (χ1n) is 21.3. The molecule has 10 aromatic carbocycles. The van der Waals surface area contributed by atoms with Gasteiger partial charge in [-0.05, 0) is 97.2 Å². The second kappa shape index (κ2) is 13.4. The van der Waals surface area contributed by atoms with Gasteiger partial charge in [-0.3, -0.25) is 0 Å². The molecule has 1 aliphatic heterocycles. The van der Waals surface area contributed by atoms with Crippen LogP contribution in [-0.4, -0.2) is 16.1 Å². The number of hydrogen-bond donors (Lipinski definition) is 0. The molecule has 1 aliphatic carbocycles. The van der Waals surface area contributed by atoms with Gasteiger partial charge >= 0.3 is 0 Å². The Morgan fingerprint density at radius 3 is 1.71 bits per heavy atom. The Labute approximate surface area is 358 Å². The molecule has 1 atom stereocenters. The summed E-state index contributed by atoms with van der Waals surface area (Å²) in [4.78, 5) is 10.6. The van der Waals surface area contributed by atoms with E-state index in [1.807, 2.05) is 6.07 Å². The number of para-hydroxylation sites is 1. The van der Waals surface area contributed by atoms with E-state index >= 15 is 0 Å². The largest absolute Gasteiger partial charge is 0.309 e. The smallest absolute Gasteiger partial charge is 0.156 e. The van der Waals surface area contributed by atoms with Gasteiger partial charge in [0.2, 0.25) is 0 Å². The highest BCUT2D eigenvalue weighted by atomic mass is 15.1. The predicted octanol–water partition coefficient (Wildman–Crippen LogP) is 14.7. The molecule has 3 nitrogen and oxygen atoms in total. The Hall–Kier alpha value is -8.14. The van der Waals surface area contributed by atoms with E-state index in [1.54, 1.807) is 0 Å². The minimum Gasteiger partial charge on any atom is -0.309 e. The summed E-state index contributed by atoms with van der Waals surface area (Å²) < 4.78 is 2.42. The molecular weight excluding hydrogens is 751 g/mol. The highest BCUT2D eigenvalue weighted by Crippen LogP contribution is 2.55. The standard InChI is InChI=1S/C59H37N3/c1-3-15-41(16-4-1)57-53-37-59(53,61-58(60-57)42-17-5-2-6-18-42)52-36-45-31-30-43(34-50(45)47-21-9-10-22-48(47)52)38-26-28-39(29-27-38)44-32-33-56-51(35-44)49-23-11-12-24-55(49)62(56)54-25-13-19-40-14-7-8-20-46(40)54/h1-37H. The SMILES string of the molecule is C1=C2C(c3ccccc3)=NC(c3ccccc3)=NC12c1cc2ccc(-c3ccc(-c4ccc5c(c4)c4ccccc4n5-c4cccc5ccccc45)cc3)cc2c2ccccc12. The molecule has 1 unspecified atom stereocenters. The molecule has 2 heterocycles. The highest BCUT2D eigenvalue weighted by molar-refractivity contribution is 6.26. The fourth-order valence-corrected chi connectivity index (χ4v) is 9.95. The normalized spacial score (nSPS) is 15.8. The van der Waals surface area contributed by atoms with Crippen molar-refractivity contribution < 1.29 is 0 Å². The average Bonchev–Trinajstić information content (AvgIpc) is 4.01. The number of nitrogens with zero attached hydrogens (tertiary/aromatic N) is 3. The molecule has 13 rings (SSSR count). The fourth-order valence-electron chi connectivity index (χ4n) is 9.95. The van der Waals surface area contributed by atoms with E-state index in [4.69, 9.17) is 9.98 Å². The summed E-state index contributed by atoms with van der Waals surface area (Å²) in [5.74, 6) is 0.762. The molecule has 1 aromatic heterocycles. The Bertz CT molecular complexity index is 3720. The van der Waals surface area contributed by atoms with Gasteiger partial charge in [-0.2, -0.15) is 0 Å². The lowest BCUT2D eigenvalue weighted by atomic mass is 9.87. The summed E-state index contributed by atoms with van der Waals surface area (Å²) in [5.41, 5.74) is 13.3. The number of fused-ring (bicyclic) bond motifs is 8. The van der Waals surface area contributed by atoms with Crippen LogP contribution in [0.5, 0.6) is 0 Å². The molecule has 11 aromatic rings. The van der Waals surface area contributed by atoms with E-state index in [1.165, 1.54) is 93.2 Å². The third-order valence-electron chi connectivity index (χ3n) is 13.0. The average molecular weight is 788 g/mol. The molecule has 0 bridgehead atoms. The van der Waals surface area contributed by atoms with Crippen LogP contribution in [0.25, 0.3) is 82.1 Å². The molecule has 0 saturated heterocycles. The minimum absolute atomic E-state index is 0.575. The van der Waals surface area contributed by atoms with Crippen LogP contribution in [0.1, 0.15) is 16.7 Å². The molecular formula is C59H37N3. The van der Waals surface area contributed by atoms with E-state index in [2.05, 4.69) is 223 Å². The van der Waals surface area contributed by atoms with Crippen LogP contribution in [0, 0.1) is 0 Å². The van der Waals surface area contributed by atoms with Crippen molar-refractivity contribution >= 4 is 65.7 Å². The second-order valence-corrected chi connectivity index (χ2v) is 16.5. The molecule has 0 fully saturated rings. The van der Waals surface area contributed by atoms with Crippen LogP contribution in [-0.2, 0) is 5.54 Å². The summed E-state index contributed by atoms with van der Waals surface area (Å²) in [7, 11) is 0. The first kappa shape index (κ1) is 34.7. The Balaban J connectivity index is 0.877. The zero-order valence-corrected chi connectivity index (χ0v) is 33.7. The van der Waals surface area contributed by atoms with Gasteiger partial charge in [-0.15, -0.1) is 0 Å². The number of benzene rings is 10. The zero-order chi connectivity index (χ0) is 40.8. The zero-order valence-electron chi connectivity index (χ0n) is 33.7. The maximum atomic E-state index is 5.45. The van der Waals surface area contributed by atoms with Crippen molar-refractivity contribution in [3.63, 3.8) is 0 Å². The predicted molar refractivity (Wildman–Crippen MR) is 260 cm³/mol. The van der Waals surface area contributed by atoms with E-state index in [-0.39, 0.29) is 0 Å². The summed E-state index contributed by atoms with van der Waals surface area (Å²) in [6, 6.07) is 79.0. The molecule has 0 amide bonds. The Morgan fingerprint density at radius 1 is 0.355 bits per heavy atom. The van der Waals surface area contributed by atoms with Crippen LogP contribution in [0.4, 0.5) is 0 Å².